The number of hydrogen-bond donors (Lipinski definition) is 4. The van der Waals surface area contributed by atoms with E-state index in [1.807, 2.05) is 60.7 Å². The second kappa shape index (κ2) is 15.1. The van der Waals surface area contributed by atoms with E-state index < -0.39 is 41.6 Å². The number of ketones is 1. The van der Waals surface area contributed by atoms with Crippen molar-refractivity contribution in [3.63, 3.8) is 0 Å². The van der Waals surface area contributed by atoms with Gasteiger partial charge in [-0.05, 0) is 42.2 Å². The zero-order valence-electron chi connectivity index (χ0n) is 24.7. The van der Waals surface area contributed by atoms with Gasteiger partial charge in [-0.3, -0.25) is 14.4 Å². The molecule has 4 N–H and O–H groups in total. The number of benzene rings is 3. The third kappa shape index (κ3) is 9.38. The van der Waals surface area contributed by atoms with E-state index in [0.29, 0.717) is 11.3 Å². The molecule has 3 aromatic rings. The summed E-state index contributed by atoms with van der Waals surface area (Å²) in [7, 11) is 1.54. The van der Waals surface area contributed by atoms with Gasteiger partial charge in [-0.25, -0.2) is 4.79 Å². The molecule has 44 heavy (non-hydrogen) atoms. The van der Waals surface area contributed by atoms with Crippen LogP contribution in [-0.4, -0.2) is 72.8 Å². The fraction of sp³-hybridized carbons (Fsp3) is 0.333. The van der Waals surface area contributed by atoms with Crippen molar-refractivity contribution in [2.75, 3.05) is 20.3 Å². The van der Waals surface area contributed by atoms with Crippen molar-refractivity contribution in [2.45, 2.75) is 50.1 Å². The van der Waals surface area contributed by atoms with Crippen molar-refractivity contribution in [1.82, 2.24) is 16.0 Å². The fourth-order valence-electron chi connectivity index (χ4n) is 4.63. The Morgan fingerprint density at radius 1 is 0.773 bits per heavy atom. The number of carbonyl (C=O) groups excluding carboxylic acids is 3. The minimum absolute atomic E-state index is 0.0618. The molecule has 232 valence electrons. The Kier molecular flexibility index (Phi) is 11.1. The normalized spacial score (nSPS) is 17.4. The number of carbonyl (C=O) groups is 4. The van der Waals surface area contributed by atoms with Crippen LogP contribution in [0.1, 0.15) is 23.6 Å². The number of epoxide rings is 1. The zero-order chi connectivity index (χ0) is 31.5. The molecule has 4 rings (SSSR count). The lowest BCUT2D eigenvalue weighted by Crippen LogP contribution is -2.58. The van der Waals surface area contributed by atoms with Crippen LogP contribution in [0, 0.1) is 0 Å². The highest BCUT2D eigenvalue weighted by atomic mass is 16.6. The lowest BCUT2D eigenvalue weighted by atomic mass is 9.94. The van der Waals surface area contributed by atoms with Crippen molar-refractivity contribution < 1.29 is 38.5 Å². The van der Waals surface area contributed by atoms with Crippen molar-refractivity contribution in [3.8, 4) is 5.75 Å². The molecule has 1 aliphatic rings. The van der Waals surface area contributed by atoms with Gasteiger partial charge in [-0.1, -0.05) is 72.8 Å². The van der Waals surface area contributed by atoms with Gasteiger partial charge in [0.15, 0.2) is 5.78 Å². The van der Waals surface area contributed by atoms with Crippen LogP contribution in [-0.2, 0) is 43.3 Å². The lowest BCUT2D eigenvalue weighted by Gasteiger charge is -2.26. The minimum atomic E-state index is -1.42. The minimum Gasteiger partial charge on any atom is -0.497 e. The Morgan fingerprint density at radius 2 is 1.30 bits per heavy atom. The Morgan fingerprint density at radius 3 is 1.86 bits per heavy atom. The first-order chi connectivity index (χ1) is 21.2. The molecule has 11 nitrogen and oxygen atoms in total. The number of rotatable bonds is 16. The molecule has 0 spiro atoms. The molecule has 3 aromatic carbocycles. The molecule has 1 heterocycles. The van der Waals surface area contributed by atoms with Crippen LogP contribution < -0.4 is 20.7 Å². The Balaban J connectivity index is 1.52. The quantitative estimate of drug-likeness (QED) is 0.182. The summed E-state index contributed by atoms with van der Waals surface area (Å²) in [6.45, 7) is 1.82. The standard InChI is InChI=1S/C33H37N3O8/c1-33(21-44-33)29(37)26(17-22-9-5-3-6-10-22)34-30(38)27(18-23-13-15-25(42-2)16-14-23)35-31(39)28(36-32(40)41)20-43-19-24-11-7-4-8-12-24/h3-16,26-28,36H,17-21H2,1-2H3,(H,34,38)(H,35,39)(H,40,41)/t26-,27-,28-,33-/m0/s1. The highest BCUT2D eigenvalue weighted by Gasteiger charge is 2.50. The average molecular weight is 604 g/mol. The van der Waals surface area contributed by atoms with Gasteiger partial charge in [0, 0.05) is 6.42 Å². The first-order valence-corrected chi connectivity index (χ1v) is 14.2. The largest absolute Gasteiger partial charge is 0.497 e. The van der Waals surface area contributed by atoms with Gasteiger partial charge in [0.2, 0.25) is 11.8 Å². The zero-order valence-corrected chi connectivity index (χ0v) is 24.7. The Hall–Kier alpha value is -4.74. The second-order valence-electron chi connectivity index (χ2n) is 10.8. The topological polar surface area (TPSA) is 156 Å². The Bertz CT molecular complexity index is 1410. The van der Waals surface area contributed by atoms with E-state index in [-0.39, 0.29) is 38.4 Å². The molecule has 0 bridgehead atoms. The van der Waals surface area contributed by atoms with Crippen LogP contribution in [0.3, 0.4) is 0 Å². The molecule has 0 aromatic heterocycles. The molecule has 0 saturated carbocycles. The van der Waals surface area contributed by atoms with Crippen LogP contribution in [0.4, 0.5) is 4.79 Å². The highest BCUT2D eigenvalue weighted by molar-refractivity contribution is 5.98. The summed E-state index contributed by atoms with van der Waals surface area (Å²) in [6.07, 6.45) is -1.13. The van der Waals surface area contributed by atoms with Crippen molar-refractivity contribution in [3.05, 3.63) is 102 Å². The van der Waals surface area contributed by atoms with Gasteiger partial charge in [0.25, 0.3) is 0 Å². The van der Waals surface area contributed by atoms with Gasteiger partial charge >= 0.3 is 6.09 Å². The number of Topliss-reactive ketones (excluding diaryl/α,β-unsaturated/α-hetero) is 1. The number of methoxy groups -OCH3 is 1. The molecular weight excluding hydrogens is 566 g/mol. The first-order valence-electron chi connectivity index (χ1n) is 14.2. The average Bonchev–Trinajstić information content (AvgIpc) is 3.78. The molecule has 4 atom stereocenters. The maximum atomic E-state index is 13.8. The predicted octanol–water partition coefficient (Wildman–Crippen LogP) is 2.66. The molecule has 0 aliphatic carbocycles. The fourth-order valence-corrected chi connectivity index (χ4v) is 4.63. The van der Waals surface area contributed by atoms with Crippen LogP contribution in [0.25, 0.3) is 0 Å². The third-order valence-electron chi connectivity index (χ3n) is 7.26. The monoisotopic (exact) mass is 603 g/mol. The molecular formula is C33H37N3O8. The molecule has 1 saturated heterocycles. The second-order valence-corrected chi connectivity index (χ2v) is 10.8. The summed E-state index contributed by atoms with van der Waals surface area (Å²) in [5.74, 6) is -1.01. The molecule has 3 amide bonds. The third-order valence-corrected chi connectivity index (χ3v) is 7.26. The SMILES string of the molecule is COc1ccc(C[C@H](NC(=O)[C@H](COCc2ccccc2)NC(=O)O)C(=O)N[C@@H](Cc2ccccc2)C(=O)[C@]2(C)CO2)cc1. The van der Waals surface area contributed by atoms with Crippen LogP contribution in [0.5, 0.6) is 5.75 Å². The Labute approximate surface area is 255 Å². The van der Waals surface area contributed by atoms with Crippen molar-refractivity contribution in [1.29, 1.82) is 0 Å². The summed E-state index contributed by atoms with van der Waals surface area (Å²) in [5.41, 5.74) is 1.40. The van der Waals surface area contributed by atoms with Crippen molar-refractivity contribution >= 4 is 23.7 Å². The summed E-state index contributed by atoms with van der Waals surface area (Å²) in [6, 6.07) is 22.1. The summed E-state index contributed by atoms with van der Waals surface area (Å²) < 4.78 is 16.2. The van der Waals surface area contributed by atoms with E-state index in [1.54, 1.807) is 31.2 Å². The molecule has 11 heteroatoms. The number of hydrogen-bond acceptors (Lipinski definition) is 7. The van der Waals surface area contributed by atoms with E-state index in [9.17, 15) is 24.3 Å². The van der Waals surface area contributed by atoms with E-state index in [1.165, 1.54) is 7.11 Å². The van der Waals surface area contributed by atoms with E-state index in [0.717, 1.165) is 11.1 Å². The van der Waals surface area contributed by atoms with Crippen LogP contribution in [0.15, 0.2) is 84.9 Å². The summed E-state index contributed by atoms with van der Waals surface area (Å²) in [4.78, 5) is 52.1. The van der Waals surface area contributed by atoms with Crippen molar-refractivity contribution in [2.24, 2.45) is 0 Å². The highest BCUT2D eigenvalue weighted by Crippen LogP contribution is 2.29. The predicted molar refractivity (Wildman–Crippen MR) is 161 cm³/mol. The lowest BCUT2D eigenvalue weighted by molar-refractivity contribution is -0.133. The maximum absolute atomic E-state index is 13.8. The number of nitrogens with one attached hydrogen (secondary N) is 3. The van der Waals surface area contributed by atoms with Gasteiger partial charge in [-0.2, -0.15) is 0 Å². The van der Waals surface area contributed by atoms with E-state index >= 15 is 0 Å². The first kappa shape index (κ1) is 32.2. The summed E-state index contributed by atoms with van der Waals surface area (Å²) >= 11 is 0. The summed E-state index contributed by atoms with van der Waals surface area (Å²) in [5, 5.41) is 17.1. The molecule has 1 aliphatic heterocycles. The maximum Gasteiger partial charge on any atom is 0.405 e. The smallest absolute Gasteiger partial charge is 0.405 e. The number of amides is 3. The van der Waals surface area contributed by atoms with E-state index in [4.69, 9.17) is 14.2 Å². The van der Waals surface area contributed by atoms with Gasteiger partial charge < -0.3 is 35.3 Å². The molecule has 0 unspecified atom stereocenters. The number of carboxylic acid groups (broad SMARTS) is 1. The van der Waals surface area contributed by atoms with Gasteiger partial charge in [0.1, 0.15) is 23.4 Å². The van der Waals surface area contributed by atoms with Crippen LogP contribution in [0.2, 0.25) is 0 Å². The van der Waals surface area contributed by atoms with Gasteiger partial charge in [-0.15, -0.1) is 0 Å². The number of ether oxygens (including phenoxy) is 3. The molecule has 0 radical (unpaired) electrons. The van der Waals surface area contributed by atoms with E-state index in [2.05, 4.69) is 16.0 Å². The molecule has 1 fully saturated rings. The van der Waals surface area contributed by atoms with Crippen LogP contribution >= 0.6 is 0 Å². The van der Waals surface area contributed by atoms with Gasteiger partial charge in [0.05, 0.1) is 33.0 Å².